The number of amides is 1. The summed E-state index contributed by atoms with van der Waals surface area (Å²) in [5.74, 6) is 1.02. The van der Waals surface area contributed by atoms with Gasteiger partial charge < -0.3 is 9.80 Å². The molecule has 1 N–H and O–H groups in total. The highest BCUT2D eigenvalue weighted by atomic mass is 16.2. The van der Waals surface area contributed by atoms with Gasteiger partial charge in [0, 0.05) is 51.3 Å². The highest BCUT2D eigenvalue weighted by Crippen LogP contribution is 2.18. The van der Waals surface area contributed by atoms with E-state index < -0.39 is 0 Å². The Kier molecular flexibility index (Phi) is 9.48. The average molecular weight is 454 g/mol. The molecule has 3 rings (SSSR count). The molecular formula is C26H39N5O2. The third-order valence-electron chi connectivity index (χ3n) is 6.36. The number of rotatable bonds is 10. The molecule has 0 spiro atoms. The second kappa shape index (κ2) is 12.5. The summed E-state index contributed by atoms with van der Waals surface area (Å²) in [5.41, 5.74) is 1.85. The lowest BCUT2D eigenvalue weighted by atomic mass is 9.97. The van der Waals surface area contributed by atoms with E-state index in [0.29, 0.717) is 25.6 Å². The minimum atomic E-state index is -0.133. The van der Waals surface area contributed by atoms with Crippen LogP contribution in [0.1, 0.15) is 57.2 Å². The van der Waals surface area contributed by atoms with Crippen LogP contribution < -0.4 is 10.5 Å². The number of carbonyl (C=O) groups is 1. The number of nitrogens with zero attached hydrogens (tertiary/aromatic N) is 4. The molecule has 0 radical (unpaired) electrons. The van der Waals surface area contributed by atoms with E-state index in [4.69, 9.17) is 4.98 Å². The Bertz CT molecular complexity index is 930. The van der Waals surface area contributed by atoms with E-state index in [1.165, 1.54) is 5.56 Å². The standard InChI is InChI=1S/C26H39N5O2/c1-4-6-13-22(5-2)25(33)30-14-10-15-31(17-16-30)26-27-23(18-24(32)28-26)20-29(3)19-21-11-8-7-9-12-21/h7-9,11-12,18,22H,4-6,10,13-17,19-20H2,1-3H3,(H,27,28,32)/t22-/m0/s1. The van der Waals surface area contributed by atoms with Crippen molar-refractivity contribution in [2.24, 2.45) is 5.92 Å². The summed E-state index contributed by atoms with van der Waals surface area (Å²) in [7, 11) is 2.04. The second-order valence-corrected chi connectivity index (χ2v) is 9.13. The van der Waals surface area contributed by atoms with Gasteiger partial charge in [-0.05, 0) is 31.9 Å². The summed E-state index contributed by atoms with van der Waals surface area (Å²) < 4.78 is 0. The molecule has 0 unspecified atom stereocenters. The largest absolute Gasteiger partial charge is 0.341 e. The minimum Gasteiger partial charge on any atom is -0.341 e. The fourth-order valence-electron chi connectivity index (χ4n) is 4.51. The van der Waals surface area contributed by atoms with E-state index in [0.717, 1.165) is 57.4 Å². The van der Waals surface area contributed by atoms with Crippen molar-refractivity contribution in [3.05, 3.63) is 58.0 Å². The van der Waals surface area contributed by atoms with E-state index in [2.05, 4.69) is 40.8 Å². The molecule has 1 aliphatic heterocycles. The zero-order chi connectivity index (χ0) is 23.6. The molecule has 2 heterocycles. The Morgan fingerprint density at radius 3 is 2.64 bits per heavy atom. The van der Waals surface area contributed by atoms with Crippen LogP contribution in [0.15, 0.2) is 41.2 Å². The molecule has 1 fully saturated rings. The lowest BCUT2D eigenvalue weighted by Gasteiger charge is -2.26. The van der Waals surface area contributed by atoms with E-state index >= 15 is 0 Å². The summed E-state index contributed by atoms with van der Waals surface area (Å²) in [5, 5.41) is 0. The van der Waals surface area contributed by atoms with Crippen LogP contribution in [0.2, 0.25) is 0 Å². The predicted molar refractivity (Wildman–Crippen MR) is 133 cm³/mol. The van der Waals surface area contributed by atoms with Crippen LogP contribution in [-0.2, 0) is 17.9 Å². The summed E-state index contributed by atoms with van der Waals surface area (Å²) in [6.07, 6.45) is 4.96. The maximum Gasteiger partial charge on any atom is 0.252 e. The number of aromatic amines is 1. The first-order chi connectivity index (χ1) is 16.0. The van der Waals surface area contributed by atoms with Gasteiger partial charge in [0.25, 0.3) is 5.56 Å². The lowest BCUT2D eigenvalue weighted by molar-refractivity contribution is -0.135. The Hall–Kier alpha value is -2.67. The molecule has 7 heteroatoms. The van der Waals surface area contributed by atoms with E-state index in [1.807, 2.05) is 30.1 Å². The van der Waals surface area contributed by atoms with Crippen LogP contribution in [0.25, 0.3) is 0 Å². The molecule has 0 saturated carbocycles. The van der Waals surface area contributed by atoms with Gasteiger partial charge in [0.1, 0.15) is 0 Å². The Morgan fingerprint density at radius 2 is 1.91 bits per heavy atom. The normalized spacial score (nSPS) is 15.5. The van der Waals surface area contributed by atoms with E-state index in [1.54, 1.807) is 6.07 Å². The molecule has 7 nitrogen and oxygen atoms in total. The third-order valence-corrected chi connectivity index (χ3v) is 6.36. The molecule has 1 atom stereocenters. The maximum atomic E-state index is 13.0. The highest BCUT2D eigenvalue weighted by molar-refractivity contribution is 5.78. The van der Waals surface area contributed by atoms with Crippen molar-refractivity contribution in [1.82, 2.24) is 19.8 Å². The zero-order valence-corrected chi connectivity index (χ0v) is 20.4. The fourth-order valence-corrected chi connectivity index (χ4v) is 4.51. The van der Waals surface area contributed by atoms with Crippen molar-refractivity contribution in [3.63, 3.8) is 0 Å². The fraction of sp³-hybridized carbons (Fsp3) is 0.577. The zero-order valence-electron chi connectivity index (χ0n) is 20.4. The highest BCUT2D eigenvalue weighted by Gasteiger charge is 2.25. The quantitative estimate of drug-likeness (QED) is 0.594. The van der Waals surface area contributed by atoms with Gasteiger partial charge in [-0.1, -0.05) is 57.0 Å². The number of anilines is 1. The third kappa shape index (κ3) is 7.42. The van der Waals surface area contributed by atoms with Gasteiger partial charge in [0.2, 0.25) is 11.9 Å². The van der Waals surface area contributed by atoms with Crippen molar-refractivity contribution < 1.29 is 4.79 Å². The number of H-pyrrole nitrogens is 1. The molecule has 1 aliphatic rings. The Balaban J connectivity index is 1.63. The summed E-state index contributed by atoms with van der Waals surface area (Å²) in [6.45, 7) is 8.57. The molecular weight excluding hydrogens is 414 g/mol. The Labute approximate surface area is 197 Å². The van der Waals surface area contributed by atoms with Crippen LogP contribution in [-0.4, -0.2) is 58.9 Å². The number of carbonyl (C=O) groups excluding carboxylic acids is 1. The molecule has 0 bridgehead atoms. The van der Waals surface area contributed by atoms with Crippen molar-refractivity contribution >= 4 is 11.9 Å². The van der Waals surface area contributed by atoms with E-state index in [9.17, 15) is 9.59 Å². The van der Waals surface area contributed by atoms with Gasteiger partial charge in [0.15, 0.2) is 0 Å². The molecule has 0 aliphatic carbocycles. The lowest BCUT2D eigenvalue weighted by Crippen LogP contribution is -2.39. The number of hydrogen-bond acceptors (Lipinski definition) is 5. The van der Waals surface area contributed by atoms with Crippen molar-refractivity contribution in [2.75, 3.05) is 38.1 Å². The number of unbranched alkanes of at least 4 members (excludes halogenated alkanes) is 1. The monoisotopic (exact) mass is 453 g/mol. The molecule has 1 aromatic carbocycles. The Morgan fingerprint density at radius 1 is 1.12 bits per heavy atom. The number of hydrogen-bond donors (Lipinski definition) is 1. The maximum absolute atomic E-state index is 13.0. The topological polar surface area (TPSA) is 72.5 Å². The van der Waals surface area contributed by atoms with Crippen LogP contribution in [0.4, 0.5) is 5.95 Å². The first-order valence-electron chi connectivity index (χ1n) is 12.4. The van der Waals surface area contributed by atoms with Gasteiger partial charge in [0.05, 0.1) is 5.69 Å². The van der Waals surface area contributed by atoms with Crippen molar-refractivity contribution in [2.45, 2.75) is 59.0 Å². The van der Waals surface area contributed by atoms with Crippen LogP contribution in [0.5, 0.6) is 0 Å². The van der Waals surface area contributed by atoms with Gasteiger partial charge in [-0.25, -0.2) is 4.98 Å². The molecule has 33 heavy (non-hydrogen) atoms. The average Bonchev–Trinajstić information content (AvgIpc) is 3.06. The van der Waals surface area contributed by atoms with Crippen LogP contribution in [0.3, 0.4) is 0 Å². The van der Waals surface area contributed by atoms with E-state index in [-0.39, 0.29) is 17.4 Å². The van der Waals surface area contributed by atoms with Gasteiger partial charge in [-0.15, -0.1) is 0 Å². The molecule has 1 amide bonds. The van der Waals surface area contributed by atoms with Crippen molar-refractivity contribution in [3.8, 4) is 0 Å². The SMILES string of the molecule is CCCC[C@H](CC)C(=O)N1CCCN(c2nc(CN(C)Cc3ccccc3)cc(=O)[nH]2)CC1. The smallest absolute Gasteiger partial charge is 0.252 e. The van der Waals surface area contributed by atoms with Crippen LogP contribution in [0, 0.1) is 5.92 Å². The molecule has 180 valence electrons. The van der Waals surface area contributed by atoms with Gasteiger partial charge in [-0.2, -0.15) is 0 Å². The first-order valence-corrected chi connectivity index (χ1v) is 12.4. The van der Waals surface area contributed by atoms with Gasteiger partial charge >= 0.3 is 0 Å². The molecule has 1 saturated heterocycles. The summed E-state index contributed by atoms with van der Waals surface area (Å²) in [6, 6.07) is 11.9. The number of benzene rings is 1. The molecule has 2 aromatic rings. The predicted octanol–water partition coefficient (Wildman–Crippen LogP) is 3.66. The number of aromatic nitrogens is 2. The first kappa shape index (κ1) is 25.0. The summed E-state index contributed by atoms with van der Waals surface area (Å²) >= 11 is 0. The van der Waals surface area contributed by atoms with Gasteiger partial charge in [-0.3, -0.25) is 19.5 Å². The number of nitrogens with one attached hydrogen (secondary N) is 1. The second-order valence-electron chi connectivity index (χ2n) is 9.13. The minimum absolute atomic E-state index is 0.123. The van der Waals surface area contributed by atoms with Crippen molar-refractivity contribution in [1.29, 1.82) is 0 Å². The van der Waals surface area contributed by atoms with Crippen LogP contribution >= 0.6 is 0 Å². The summed E-state index contributed by atoms with van der Waals surface area (Å²) in [4.78, 5) is 39.4. The molecule has 1 aromatic heterocycles.